The number of hydrogen-bond acceptors (Lipinski definition) is 3. The summed E-state index contributed by atoms with van der Waals surface area (Å²) in [6, 6.07) is 12.0. The highest BCUT2D eigenvalue weighted by atomic mass is 32.1. The molecule has 3 rings (SSSR count). The molecule has 2 aromatic heterocycles. The number of imidazole rings is 1. The largest absolute Gasteiger partial charge is 0.354 e. The standard InChI is InChI=1S/C16H17N3OS/c1-12-18-14-6-2-3-7-15(14)19(12)9-8-17-16(20)11-13-5-4-10-21-13/h2-7,10H,8-9,11H2,1H3,(H,17,20). The molecule has 0 unspecified atom stereocenters. The number of fused-ring (bicyclic) bond motifs is 1. The molecular weight excluding hydrogens is 282 g/mol. The summed E-state index contributed by atoms with van der Waals surface area (Å²) in [7, 11) is 0. The highest BCUT2D eigenvalue weighted by Crippen LogP contribution is 2.14. The summed E-state index contributed by atoms with van der Waals surface area (Å²) in [5.41, 5.74) is 2.11. The number of rotatable bonds is 5. The zero-order valence-corrected chi connectivity index (χ0v) is 12.7. The van der Waals surface area contributed by atoms with Gasteiger partial charge in [0.1, 0.15) is 5.82 Å². The van der Waals surface area contributed by atoms with Crippen LogP contribution in [0, 0.1) is 6.92 Å². The molecule has 0 spiro atoms. The van der Waals surface area contributed by atoms with Gasteiger partial charge in [0, 0.05) is 18.0 Å². The van der Waals surface area contributed by atoms with Crippen LogP contribution in [-0.4, -0.2) is 22.0 Å². The number of benzene rings is 1. The molecule has 0 atom stereocenters. The fraction of sp³-hybridized carbons (Fsp3) is 0.250. The van der Waals surface area contributed by atoms with E-state index in [4.69, 9.17) is 0 Å². The maximum atomic E-state index is 11.9. The van der Waals surface area contributed by atoms with Crippen LogP contribution in [0.5, 0.6) is 0 Å². The minimum absolute atomic E-state index is 0.0690. The van der Waals surface area contributed by atoms with Gasteiger partial charge >= 0.3 is 0 Å². The van der Waals surface area contributed by atoms with Gasteiger partial charge in [-0.15, -0.1) is 11.3 Å². The van der Waals surface area contributed by atoms with Crippen LogP contribution in [-0.2, 0) is 17.8 Å². The summed E-state index contributed by atoms with van der Waals surface area (Å²) >= 11 is 1.61. The Balaban J connectivity index is 1.59. The second-order valence-corrected chi connectivity index (χ2v) is 5.94. The SMILES string of the molecule is Cc1nc2ccccc2n1CCNC(=O)Cc1cccs1. The van der Waals surface area contributed by atoms with E-state index in [1.807, 2.05) is 42.6 Å². The molecule has 0 aliphatic heterocycles. The summed E-state index contributed by atoms with van der Waals surface area (Å²) in [5.74, 6) is 1.04. The summed E-state index contributed by atoms with van der Waals surface area (Å²) in [4.78, 5) is 17.5. The molecule has 2 heterocycles. The molecule has 21 heavy (non-hydrogen) atoms. The van der Waals surface area contributed by atoms with E-state index in [0.29, 0.717) is 13.0 Å². The van der Waals surface area contributed by atoms with E-state index in [0.717, 1.165) is 28.3 Å². The molecular formula is C16H17N3OS. The lowest BCUT2D eigenvalue weighted by molar-refractivity contribution is -0.120. The van der Waals surface area contributed by atoms with E-state index in [1.165, 1.54) is 0 Å². The third-order valence-electron chi connectivity index (χ3n) is 3.42. The van der Waals surface area contributed by atoms with Crippen LogP contribution >= 0.6 is 11.3 Å². The molecule has 3 aromatic rings. The van der Waals surface area contributed by atoms with Crippen molar-refractivity contribution in [1.29, 1.82) is 0 Å². The van der Waals surface area contributed by atoms with E-state index in [2.05, 4.69) is 20.9 Å². The average Bonchev–Trinajstić information content (AvgIpc) is 3.07. The van der Waals surface area contributed by atoms with Crippen LogP contribution in [0.3, 0.4) is 0 Å². The summed E-state index contributed by atoms with van der Waals surface area (Å²) in [6.45, 7) is 3.35. The van der Waals surface area contributed by atoms with Gasteiger partial charge in [0.15, 0.2) is 0 Å². The molecule has 108 valence electrons. The monoisotopic (exact) mass is 299 g/mol. The molecule has 0 radical (unpaired) electrons. The van der Waals surface area contributed by atoms with Gasteiger partial charge in [-0.05, 0) is 30.5 Å². The lowest BCUT2D eigenvalue weighted by atomic mass is 10.3. The number of aryl methyl sites for hydroxylation is 1. The summed E-state index contributed by atoms with van der Waals surface area (Å²) in [6.07, 6.45) is 0.460. The normalized spacial score (nSPS) is 10.9. The van der Waals surface area contributed by atoms with Crippen molar-refractivity contribution in [2.45, 2.75) is 19.9 Å². The number of thiophene rings is 1. The van der Waals surface area contributed by atoms with Crippen molar-refractivity contribution in [2.24, 2.45) is 0 Å². The Kier molecular flexibility index (Phi) is 4.01. The lowest BCUT2D eigenvalue weighted by Crippen LogP contribution is -2.28. The lowest BCUT2D eigenvalue weighted by Gasteiger charge is -2.08. The molecule has 4 nitrogen and oxygen atoms in total. The number of nitrogens with one attached hydrogen (secondary N) is 1. The first-order valence-electron chi connectivity index (χ1n) is 6.95. The van der Waals surface area contributed by atoms with Crippen molar-refractivity contribution in [2.75, 3.05) is 6.54 Å². The molecule has 0 aliphatic carbocycles. The summed E-state index contributed by atoms with van der Waals surface area (Å²) < 4.78 is 2.14. The van der Waals surface area contributed by atoms with E-state index in [-0.39, 0.29) is 5.91 Å². The van der Waals surface area contributed by atoms with Crippen molar-refractivity contribution in [1.82, 2.24) is 14.9 Å². The quantitative estimate of drug-likeness (QED) is 0.787. The second kappa shape index (κ2) is 6.10. The van der Waals surface area contributed by atoms with Crippen molar-refractivity contribution in [3.05, 3.63) is 52.5 Å². The zero-order valence-electron chi connectivity index (χ0n) is 11.9. The number of carbonyl (C=O) groups excluding carboxylic acids is 1. The van der Waals surface area contributed by atoms with Gasteiger partial charge in [-0.25, -0.2) is 4.98 Å². The Labute approximate surface area is 127 Å². The molecule has 1 amide bonds. The zero-order chi connectivity index (χ0) is 14.7. The van der Waals surface area contributed by atoms with Crippen molar-refractivity contribution < 1.29 is 4.79 Å². The van der Waals surface area contributed by atoms with Crippen molar-refractivity contribution in [3.8, 4) is 0 Å². The summed E-state index contributed by atoms with van der Waals surface area (Å²) in [5, 5.41) is 4.96. The Morgan fingerprint density at radius 2 is 2.14 bits per heavy atom. The maximum Gasteiger partial charge on any atom is 0.225 e. The molecule has 0 saturated carbocycles. The molecule has 5 heteroatoms. The maximum absolute atomic E-state index is 11.9. The Morgan fingerprint density at radius 3 is 2.95 bits per heavy atom. The average molecular weight is 299 g/mol. The Hall–Kier alpha value is -2.14. The molecule has 1 aromatic carbocycles. The van der Waals surface area contributed by atoms with Crippen molar-refractivity contribution in [3.63, 3.8) is 0 Å². The van der Waals surface area contributed by atoms with Gasteiger partial charge in [0.2, 0.25) is 5.91 Å². The van der Waals surface area contributed by atoms with Crippen LogP contribution in [0.15, 0.2) is 41.8 Å². The molecule has 1 N–H and O–H groups in total. The smallest absolute Gasteiger partial charge is 0.225 e. The van der Waals surface area contributed by atoms with Gasteiger partial charge in [-0.2, -0.15) is 0 Å². The Morgan fingerprint density at radius 1 is 1.29 bits per heavy atom. The predicted molar refractivity (Wildman–Crippen MR) is 85.5 cm³/mol. The predicted octanol–water partition coefficient (Wildman–Crippen LogP) is 2.77. The fourth-order valence-electron chi connectivity index (χ4n) is 2.42. The number of aromatic nitrogens is 2. The molecule has 0 saturated heterocycles. The minimum atomic E-state index is 0.0690. The van der Waals surface area contributed by atoms with Crippen LogP contribution in [0.25, 0.3) is 11.0 Å². The van der Waals surface area contributed by atoms with Crippen LogP contribution in [0.1, 0.15) is 10.7 Å². The van der Waals surface area contributed by atoms with Gasteiger partial charge in [-0.3, -0.25) is 4.79 Å². The second-order valence-electron chi connectivity index (χ2n) is 4.91. The third kappa shape index (κ3) is 3.13. The van der Waals surface area contributed by atoms with E-state index in [9.17, 15) is 4.79 Å². The van der Waals surface area contributed by atoms with Gasteiger partial charge in [0.05, 0.1) is 17.5 Å². The highest BCUT2D eigenvalue weighted by Gasteiger charge is 2.07. The first kappa shape index (κ1) is 13.8. The van der Waals surface area contributed by atoms with E-state index >= 15 is 0 Å². The van der Waals surface area contributed by atoms with Crippen LogP contribution in [0.2, 0.25) is 0 Å². The molecule has 0 aliphatic rings. The number of amides is 1. The topological polar surface area (TPSA) is 46.9 Å². The van der Waals surface area contributed by atoms with Crippen LogP contribution in [0.4, 0.5) is 0 Å². The first-order valence-corrected chi connectivity index (χ1v) is 7.83. The first-order chi connectivity index (χ1) is 10.2. The molecule has 0 bridgehead atoms. The van der Waals surface area contributed by atoms with Gasteiger partial charge < -0.3 is 9.88 Å². The van der Waals surface area contributed by atoms with Crippen molar-refractivity contribution >= 4 is 28.3 Å². The fourth-order valence-corrected chi connectivity index (χ4v) is 3.12. The highest BCUT2D eigenvalue weighted by molar-refractivity contribution is 7.10. The number of nitrogens with zero attached hydrogens (tertiary/aromatic N) is 2. The number of hydrogen-bond donors (Lipinski definition) is 1. The number of para-hydroxylation sites is 2. The molecule has 0 fully saturated rings. The van der Waals surface area contributed by atoms with E-state index in [1.54, 1.807) is 11.3 Å². The Bertz CT molecular complexity index is 746. The minimum Gasteiger partial charge on any atom is -0.354 e. The van der Waals surface area contributed by atoms with Crippen LogP contribution < -0.4 is 5.32 Å². The number of carbonyl (C=O) groups is 1. The van der Waals surface area contributed by atoms with E-state index < -0.39 is 0 Å². The third-order valence-corrected chi connectivity index (χ3v) is 4.29. The van der Waals surface area contributed by atoms with Gasteiger partial charge in [-0.1, -0.05) is 18.2 Å². The van der Waals surface area contributed by atoms with Gasteiger partial charge in [0.25, 0.3) is 0 Å².